The van der Waals surface area contributed by atoms with Crippen molar-refractivity contribution in [1.29, 1.82) is 0 Å². The summed E-state index contributed by atoms with van der Waals surface area (Å²) in [5.41, 5.74) is 7.91. The Hall–Kier alpha value is -0.990. The van der Waals surface area contributed by atoms with Gasteiger partial charge in [0, 0.05) is 11.3 Å². The maximum atomic E-state index is 5.60. The van der Waals surface area contributed by atoms with Gasteiger partial charge >= 0.3 is 0 Å². The zero-order valence-electron chi connectivity index (χ0n) is 7.85. The van der Waals surface area contributed by atoms with E-state index in [-0.39, 0.29) is 0 Å². The van der Waals surface area contributed by atoms with E-state index in [0.717, 1.165) is 12.0 Å². The van der Waals surface area contributed by atoms with Gasteiger partial charge in [0.25, 0.3) is 0 Å². The average Bonchev–Trinajstić information content (AvgIpc) is 2.36. The van der Waals surface area contributed by atoms with Gasteiger partial charge in [-0.2, -0.15) is 5.10 Å². The lowest BCUT2D eigenvalue weighted by Gasteiger charge is -1.97. The van der Waals surface area contributed by atoms with Crippen LogP contribution in [0.5, 0.6) is 0 Å². The zero-order chi connectivity index (χ0) is 8.97. The summed E-state index contributed by atoms with van der Waals surface area (Å²) < 4.78 is 0. The molecule has 3 nitrogen and oxygen atoms in total. The van der Waals surface area contributed by atoms with Gasteiger partial charge in [0.1, 0.15) is 5.82 Å². The number of hydrogen-bond acceptors (Lipinski definition) is 2. The van der Waals surface area contributed by atoms with E-state index in [1.54, 1.807) is 0 Å². The SMILES string of the molecule is CCCCCc1[nH]nc(N)c1C. The van der Waals surface area contributed by atoms with Crippen LogP contribution in [0.2, 0.25) is 0 Å². The fraction of sp³-hybridized carbons (Fsp3) is 0.667. The van der Waals surface area contributed by atoms with Crippen LogP contribution in [0.15, 0.2) is 0 Å². The molecule has 0 unspecified atom stereocenters. The lowest BCUT2D eigenvalue weighted by Crippen LogP contribution is -1.89. The molecule has 0 saturated heterocycles. The number of anilines is 1. The Balaban J connectivity index is 2.46. The second kappa shape index (κ2) is 4.14. The van der Waals surface area contributed by atoms with Crippen molar-refractivity contribution >= 4 is 5.82 Å². The molecule has 0 fully saturated rings. The van der Waals surface area contributed by atoms with Gasteiger partial charge in [-0.15, -0.1) is 0 Å². The van der Waals surface area contributed by atoms with Gasteiger partial charge in [0.15, 0.2) is 0 Å². The molecule has 1 aromatic heterocycles. The van der Waals surface area contributed by atoms with Crippen LogP contribution in [-0.2, 0) is 6.42 Å². The van der Waals surface area contributed by atoms with Crippen LogP contribution in [0.3, 0.4) is 0 Å². The van der Waals surface area contributed by atoms with E-state index in [1.807, 2.05) is 6.92 Å². The van der Waals surface area contributed by atoms with Crippen molar-refractivity contribution in [2.45, 2.75) is 39.5 Å². The number of nitrogens with zero attached hydrogens (tertiary/aromatic N) is 1. The summed E-state index contributed by atoms with van der Waals surface area (Å²) in [5, 5.41) is 6.91. The summed E-state index contributed by atoms with van der Waals surface area (Å²) in [6.07, 6.45) is 4.82. The van der Waals surface area contributed by atoms with Crippen LogP contribution in [0, 0.1) is 6.92 Å². The number of H-pyrrole nitrogens is 1. The second-order valence-corrected chi connectivity index (χ2v) is 3.17. The molecule has 0 amide bonds. The molecule has 1 rings (SSSR count). The molecule has 0 spiro atoms. The lowest BCUT2D eigenvalue weighted by molar-refractivity contribution is 0.703. The van der Waals surface area contributed by atoms with Crippen LogP contribution in [-0.4, -0.2) is 10.2 Å². The van der Waals surface area contributed by atoms with Crippen molar-refractivity contribution in [2.24, 2.45) is 0 Å². The summed E-state index contributed by atoms with van der Waals surface area (Å²) in [4.78, 5) is 0. The largest absolute Gasteiger partial charge is 0.382 e. The van der Waals surface area contributed by atoms with Gasteiger partial charge in [-0.3, -0.25) is 5.10 Å². The monoisotopic (exact) mass is 167 g/mol. The molecular formula is C9H17N3. The van der Waals surface area contributed by atoms with Gasteiger partial charge < -0.3 is 5.73 Å². The number of aromatic nitrogens is 2. The molecule has 0 aliphatic carbocycles. The molecule has 0 radical (unpaired) electrons. The van der Waals surface area contributed by atoms with E-state index in [4.69, 9.17) is 5.73 Å². The van der Waals surface area contributed by atoms with Crippen molar-refractivity contribution in [3.63, 3.8) is 0 Å². The van der Waals surface area contributed by atoms with Crippen LogP contribution in [0.4, 0.5) is 5.82 Å². The number of nitrogens with two attached hydrogens (primary N) is 1. The number of hydrogen-bond donors (Lipinski definition) is 2. The normalized spacial score (nSPS) is 10.5. The van der Waals surface area contributed by atoms with Gasteiger partial charge in [-0.1, -0.05) is 19.8 Å². The molecular weight excluding hydrogens is 150 g/mol. The second-order valence-electron chi connectivity index (χ2n) is 3.17. The summed E-state index contributed by atoms with van der Waals surface area (Å²) in [5.74, 6) is 0.640. The molecule has 0 atom stereocenters. The summed E-state index contributed by atoms with van der Waals surface area (Å²) >= 11 is 0. The highest BCUT2D eigenvalue weighted by atomic mass is 15.2. The Kier molecular flexibility index (Phi) is 3.14. The molecule has 0 aliphatic heterocycles. The van der Waals surface area contributed by atoms with E-state index in [9.17, 15) is 0 Å². The highest BCUT2D eigenvalue weighted by Gasteiger charge is 2.03. The average molecular weight is 167 g/mol. The van der Waals surface area contributed by atoms with Crippen molar-refractivity contribution in [3.8, 4) is 0 Å². The number of unbranched alkanes of at least 4 members (excludes halogenated alkanes) is 2. The van der Waals surface area contributed by atoms with Crippen molar-refractivity contribution < 1.29 is 0 Å². The third-order valence-corrected chi connectivity index (χ3v) is 2.18. The Morgan fingerprint density at radius 2 is 2.17 bits per heavy atom. The number of aromatic amines is 1. The van der Waals surface area contributed by atoms with Crippen molar-refractivity contribution in [1.82, 2.24) is 10.2 Å². The molecule has 0 saturated carbocycles. The van der Waals surface area contributed by atoms with E-state index < -0.39 is 0 Å². The first-order valence-corrected chi connectivity index (χ1v) is 4.55. The Labute approximate surface area is 73.4 Å². The number of rotatable bonds is 4. The summed E-state index contributed by atoms with van der Waals surface area (Å²) in [6, 6.07) is 0. The maximum absolute atomic E-state index is 5.60. The Morgan fingerprint density at radius 1 is 1.42 bits per heavy atom. The molecule has 12 heavy (non-hydrogen) atoms. The number of aryl methyl sites for hydroxylation is 1. The van der Waals surface area contributed by atoms with Gasteiger partial charge in [0.05, 0.1) is 0 Å². The fourth-order valence-electron chi connectivity index (χ4n) is 1.25. The zero-order valence-corrected chi connectivity index (χ0v) is 7.85. The molecule has 1 heterocycles. The highest BCUT2D eigenvalue weighted by Crippen LogP contribution is 2.13. The maximum Gasteiger partial charge on any atom is 0.148 e. The van der Waals surface area contributed by atoms with Crippen LogP contribution in [0.25, 0.3) is 0 Å². The van der Waals surface area contributed by atoms with Gasteiger partial charge in [0.2, 0.25) is 0 Å². The van der Waals surface area contributed by atoms with E-state index >= 15 is 0 Å². The summed E-state index contributed by atoms with van der Waals surface area (Å²) in [6.45, 7) is 4.22. The van der Waals surface area contributed by atoms with E-state index in [2.05, 4.69) is 17.1 Å². The molecule has 0 aromatic carbocycles. The van der Waals surface area contributed by atoms with Crippen molar-refractivity contribution in [3.05, 3.63) is 11.3 Å². The van der Waals surface area contributed by atoms with Gasteiger partial charge in [-0.25, -0.2) is 0 Å². The smallest absolute Gasteiger partial charge is 0.148 e. The first kappa shape index (κ1) is 9.10. The molecule has 3 N–H and O–H groups in total. The lowest BCUT2D eigenvalue weighted by atomic mass is 10.1. The topological polar surface area (TPSA) is 54.7 Å². The Morgan fingerprint density at radius 3 is 2.67 bits per heavy atom. The quantitative estimate of drug-likeness (QED) is 0.674. The van der Waals surface area contributed by atoms with E-state index in [1.165, 1.54) is 25.0 Å². The third-order valence-electron chi connectivity index (χ3n) is 2.18. The highest BCUT2D eigenvalue weighted by molar-refractivity contribution is 5.40. The van der Waals surface area contributed by atoms with E-state index in [0.29, 0.717) is 5.82 Å². The molecule has 0 aliphatic rings. The summed E-state index contributed by atoms with van der Waals surface area (Å²) in [7, 11) is 0. The van der Waals surface area contributed by atoms with Crippen LogP contribution in [0.1, 0.15) is 37.4 Å². The minimum atomic E-state index is 0.640. The molecule has 0 bridgehead atoms. The predicted octanol–water partition coefficient (Wildman–Crippen LogP) is 2.03. The number of nitrogens with one attached hydrogen (secondary N) is 1. The molecule has 68 valence electrons. The predicted molar refractivity (Wildman–Crippen MR) is 51.0 cm³/mol. The fourth-order valence-corrected chi connectivity index (χ4v) is 1.25. The minimum Gasteiger partial charge on any atom is -0.382 e. The van der Waals surface area contributed by atoms with Crippen molar-refractivity contribution in [2.75, 3.05) is 5.73 Å². The van der Waals surface area contributed by atoms with Gasteiger partial charge in [-0.05, 0) is 19.8 Å². The van der Waals surface area contributed by atoms with Crippen LogP contribution >= 0.6 is 0 Å². The third kappa shape index (κ3) is 2.00. The first-order valence-electron chi connectivity index (χ1n) is 4.55. The Bertz CT molecular complexity index is 240. The van der Waals surface area contributed by atoms with Crippen LogP contribution < -0.4 is 5.73 Å². The molecule has 3 heteroatoms. The first-order chi connectivity index (χ1) is 5.75. The molecule has 1 aromatic rings. The standard InChI is InChI=1S/C9H17N3/c1-3-4-5-6-8-7(2)9(10)12-11-8/h3-6H2,1-2H3,(H3,10,11,12). The minimum absolute atomic E-state index is 0.640. The number of nitrogen functional groups attached to an aromatic ring is 1.